The van der Waals surface area contributed by atoms with Crippen LogP contribution < -0.4 is 5.73 Å². The number of pyridine rings is 1. The first-order chi connectivity index (χ1) is 6.81. The number of imidazole rings is 1. The van der Waals surface area contributed by atoms with E-state index >= 15 is 0 Å². The van der Waals surface area contributed by atoms with Crippen molar-refractivity contribution in [2.24, 2.45) is 5.73 Å². The standard InChI is InChI=1S/C10H13N3O.ClH/c11-8(7-14)6-9-2-1-3-10-12-4-5-13(9)10;/h1-5,8,14H,6-7,11H2;1H/t8-;/m1./s1. The summed E-state index contributed by atoms with van der Waals surface area (Å²) in [6.07, 6.45) is 4.31. The lowest BCUT2D eigenvalue weighted by atomic mass is 10.1. The highest BCUT2D eigenvalue weighted by Crippen LogP contribution is 2.07. The number of rotatable bonds is 3. The fourth-order valence-electron chi connectivity index (χ4n) is 1.51. The number of nitrogens with two attached hydrogens (primary N) is 1. The van der Waals surface area contributed by atoms with E-state index in [1.165, 1.54) is 0 Å². The molecule has 2 rings (SSSR count). The van der Waals surface area contributed by atoms with Crippen LogP contribution in [0.15, 0.2) is 30.6 Å². The van der Waals surface area contributed by atoms with Gasteiger partial charge in [0.05, 0.1) is 6.61 Å². The largest absolute Gasteiger partial charge is 0.395 e. The Kier molecular flexibility index (Phi) is 4.08. The Morgan fingerprint density at radius 3 is 3.00 bits per heavy atom. The van der Waals surface area contributed by atoms with Crippen molar-refractivity contribution >= 4 is 18.1 Å². The summed E-state index contributed by atoms with van der Waals surface area (Å²) in [6, 6.07) is 5.67. The topological polar surface area (TPSA) is 63.5 Å². The molecular weight excluding hydrogens is 214 g/mol. The smallest absolute Gasteiger partial charge is 0.136 e. The lowest BCUT2D eigenvalue weighted by molar-refractivity contribution is 0.264. The molecule has 2 aromatic heterocycles. The first-order valence-corrected chi connectivity index (χ1v) is 4.58. The van der Waals surface area contributed by atoms with Crippen LogP contribution in [0, 0.1) is 0 Å². The number of aromatic nitrogens is 2. The first kappa shape index (κ1) is 12.0. The van der Waals surface area contributed by atoms with E-state index < -0.39 is 0 Å². The normalized spacial score (nSPS) is 12.4. The van der Waals surface area contributed by atoms with Crippen LogP contribution in [0.1, 0.15) is 5.69 Å². The monoisotopic (exact) mass is 227 g/mol. The average Bonchev–Trinajstić information content (AvgIpc) is 2.66. The van der Waals surface area contributed by atoms with Gasteiger partial charge in [-0.3, -0.25) is 0 Å². The third kappa shape index (κ3) is 2.47. The molecule has 2 heterocycles. The predicted octanol–water partition coefficient (Wildman–Crippen LogP) is 0.618. The van der Waals surface area contributed by atoms with Crippen molar-refractivity contribution in [1.29, 1.82) is 0 Å². The minimum atomic E-state index is -0.206. The van der Waals surface area contributed by atoms with E-state index in [0.717, 1.165) is 11.3 Å². The van der Waals surface area contributed by atoms with Gasteiger partial charge in [0.15, 0.2) is 0 Å². The maximum Gasteiger partial charge on any atom is 0.136 e. The molecule has 0 fully saturated rings. The molecule has 0 aliphatic rings. The van der Waals surface area contributed by atoms with Crippen molar-refractivity contribution < 1.29 is 5.11 Å². The number of nitrogens with zero attached hydrogens (tertiary/aromatic N) is 2. The molecule has 0 bridgehead atoms. The molecule has 4 nitrogen and oxygen atoms in total. The summed E-state index contributed by atoms with van der Waals surface area (Å²) >= 11 is 0. The molecule has 3 N–H and O–H groups in total. The van der Waals surface area contributed by atoms with Crippen LogP contribution in [-0.4, -0.2) is 27.1 Å². The van der Waals surface area contributed by atoms with E-state index in [-0.39, 0.29) is 25.1 Å². The summed E-state index contributed by atoms with van der Waals surface area (Å²) in [5, 5.41) is 8.87. The summed E-state index contributed by atoms with van der Waals surface area (Å²) in [7, 11) is 0. The van der Waals surface area contributed by atoms with E-state index in [9.17, 15) is 0 Å². The second kappa shape index (κ2) is 5.11. The van der Waals surface area contributed by atoms with Crippen LogP contribution in [0.25, 0.3) is 5.65 Å². The van der Waals surface area contributed by atoms with Crippen molar-refractivity contribution in [3.63, 3.8) is 0 Å². The number of hydrogen-bond donors (Lipinski definition) is 2. The molecule has 0 aromatic carbocycles. The van der Waals surface area contributed by atoms with Crippen molar-refractivity contribution in [2.75, 3.05) is 6.61 Å². The van der Waals surface area contributed by atoms with E-state index in [1.54, 1.807) is 6.20 Å². The fraction of sp³-hybridized carbons (Fsp3) is 0.300. The third-order valence-corrected chi connectivity index (χ3v) is 2.22. The lowest BCUT2D eigenvalue weighted by Gasteiger charge is -2.09. The summed E-state index contributed by atoms with van der Waals surface area (Å²) in [5.74, 6) is 0. The fourth-order valence-corrected chi connectivity index (χ4v) is 1.51. The maximum absolute atomic E-state index is 8.87. The zero-order chi connectivity index (χ0) is 9.97. The highest BCUT2D eigenvalue weighted by molar-refractivity contribution is 5.85. The molecule has 0 aliphatic carbocycles. The van der Waals surface area contributed by atoms with Crippen LogP contribution in [0.5, 0.6) is 0 Å². The average molecular weight is 228 g/mol. The Bertz CT molecular complexity index is 429. The molecule has 82 valence electrons. The molecule has 0 unspecified atom stereocenters. The van der Waals surface area contributed by atoms with Gasteiger partial charge in [-0.1, -0.05) is 6.07 Å². The predicted molar refractivity (Wildman–Crippen MR) is 61.2 cm³/mol. The van der Waals surface area contributed by atoms with E-state index in [0.29, 0.717) is 6.42 Å². The summed E-state index contributed by atoms with van der Waals surface area (Å²) in [5.41, 5.74) is 7.66. The van der Waals surface area contributed by atoms with Gasteiger partial charge >= 0.3 is 0 Å². The van der Waals surface area contributed by atoms with Gasteiger partial charge in [0.25, 0.3) is 0 Å². The summed E-state index contributed by atoms with van der Waals surface area (Å²) < 4.78 is 1.98. The Morgan fingerprint density at radius 2 is 2.27 bits per heavy atom. The van der Waals surface area contributed by atoms with Crippen molar-refractivity contribution in [3.05, 3.63) is 36.3 Å². The number of fused-ring (bicyclic) bond motifs is 1. The number of aliphatic hydroxyl groups is 1. The number of hydrogen-bond acceptors (Lipinski definition) is 3. The highest BCUT2D eigenvalue weighted by atomic mass is 35.5. The van der Waals surface area contributed by atoms with Crippen molar-refractivity contribution in [2.45, 2.75) is 12.5 Å². The van der Waals surface area contributed by atoms with E-state index in [1.807, 2.05) is 28.8 Å². The SMILES string of the molecule is Cl.N[C@@H](CO)Cc1cccc2nccn12. The van der Waals surface area contributed by atoms with Gasteiger partial charge in [0, 0.05) is 30.6 Å². The molecule has 1 atom stereocenters. The minimum Gasteiger partial charge on any atom is -0.395 e. The Balaban J connectivity index is 0.00000112. The summed E-state index contributed by atoms with van der Waals surface area (Å²) in [6.45, 7) is 0.00504. The first-order valence-electron chi connectivity index (χ1n) is 4.58. The maximum atomic E-state index is 8.87. The Labute approximate surface area is 94.2 Å². The zero-order valence-corrected chi connectivity index (χ0v) is 9.02. The Hall–Kier alpha value is -1.10. The van der Waals surface area contributed by atoms with Gasteiger partial charge in [-0.15, -0.1) is 12.4 Å². The number of aliphatic hydroxyl groups excluding tert-OH is 1. The third-order valence-electron chi connectivity index (χ3n) is 2.22. The van der Waals surface area contributed by atoms with Gasteiger partial charge < -0.3 is 15.2 Å². The molecule has 0 saturated carbocycles. The van der Waals surface area contributed by atoms with Gasteiger partial charge in [-0.2, -0.15) is 0 Å². The van der Waals surface area contributed by atoms with Gasteiger partial charge in [0.2, 0.25) is 0 Å². The molecule has 0 amide bonds. The number of halogens is 1. The molecule has 0 radical (unpaired) electrons. The highest BCUT2D eigenvalue weighted by Gasteiger charge is 2.05. The van der Waals surface area contributed by atoms with Gasteiger partial charge in [-0.05, 0) is 12.1 Å². The van der Waals surface area contributed by atoms with Crippen LogP contribution in [-0.2, 0) is 6.42 Å². The molecule has 0 aliphatic heterocycles. The lowest BCUT2D eigenvalue weighted by Crippen LogP contribution is -2.27. The second-order valence-corrected chi connectivity index (χ2v) is 3.32. The van der Waals surface area contributed by atoms with Crippen LogP contribution >= 0.6 is 12.4 Å². The molecule has 0 spiro atoms. The molecule has 2 aromatic rings. The minimum absolute atomic E-state index is 0. The Morgan fingerprint density at radius 1 is 1.47 bits per heavy atom. The quantitative estimate of drug-likeness (QED) is 0.808. The van der Waals surface area contributed by atoms with Gasteiger partial charge in [0.1, 0.15) is 5.65 Å². The van der Waals surface area contributed by atoms with E-state index in [4.69, 9.17) is 10.8 Å². The van der Waals surface area contributed by atoms with Crippen molar-refractivity contribution in [3.8, 4) is 0 Å². The molecule has 15 heavy (non-hydrogen) atoms. The van der Waals surface area contributed by atoms with Gasteiger partial charge in [-0.25, -0.2) is 4.98 Å². The van der Waals surface area contributed by atoms with Crippen LogP contribution in [0.3, 0.4) is 0 Å². The zero-order valence-electron chi connectivity index (χ0n) is 8.21. The molecular formula is C10H14ClN3O. The van der Waals surface area contributed by atoms with Crippen molar-refractivity contribution in [1.82, 2.24) is 9.38 Å². The summed E-state index contributed by atoms with van der Waals surface area (Å²) in [4.78, 5) is 4.17. The molecule has 5 heteroatoms. The van der Waals surface area contributed by atoms with Crippen LogP contribution in [0.4, 0.5) is 0 Å². The second-order valence-electron chi connectivity index (χ2n) is 3.32. The molecule has 0 saturated heterocycles. The van der Waals surface area contributed by atoms with E-state index in [2.05, 4.69) is 4.98 Å². The van der Waals surface area contributed by atoms with Crippen LogP contribution in [0.2, 0.25) is 0 Å².